The molecule has 0 radical (unpaired) electrons. The van der Waals surface area contributed by atoms with E-state index >= 15 is 0 Å². The van der Waals surface area contributed by atoms with Gasteiger partial charge in [-0.1, -0.05) is 0 Å². The number of ether oxygens (including phenoxy) is 2. The highest BCUT2D eigenvalue weighted by Crippen LogP contribution is 2.07. The average molecular weight is 260 g/mol. The fourth-order valence-electron chi connectivity index (χ4n) is 1.14. The number of hydrogen-bond donors (Lipinski definition) is 2. The van der Waals surface area contributed by atoms with Crippen molar-refractivity contribution in [3.8, 4) is 0 Å². The second kappa shape index (κ2) is 8.88. The van der Waals surface area contributed by atoms with E-state index in [2.05, 4.69) is 10.6 Å². The van der Waals surface area contributed by atoms with Crippen molar-refractivity contribution >= 4 is 11.9 Å². The largest absolute Gasteiger partial charge is 0.460 e. The zero-order chi connectivity index (χ0) is 14.0. The van der Waals surface area contributed by atoms with Gasteiger partial charge in [-0.05, 0) is 20.8 Å². The summed E-state index contributed by atoms with van der Waals surface area (Å²) in [4.78, 5) is 22.6. The van der Waals surface area contributed by atoms with Crippen LogP contribution in [-0.4, -0.2) is 50.8 Å². The van der Waals surface area contributed by atoms with Gasteiger partial charge in [0.25, 0.3) is 0 Å². The van der Waals surface area contributed by atoms with Crippen LogP contribution in [0.5, 0.6) is 0 Å². The molecular formula is C12H24N2O4. The molecule has 0 saturated heterocycles. The van der Waals surface area contributed by atoms with Crippen LogP contribution in [0.3, 0.4) is 0 Å². The first-order chi connectivity index (χ1) is 8.35. The molecule has 6 nitrogen and oxygen atoms in total. The molecule has 0 fully saturated rings. The molecule has 0 atom stereocenters. The topological polar surface area (TPSA) is 76.7 Å². The molecule has 0 spiro atoms. The maximum absolute atomic E-state index is 11.3. The van der Waals surface area contributed by atoms with E-state index in [0.29, 0.717) is 19.7 Å². The van der Waals surface area contributed by atoms with E-state index in [-0.39, 0.29) is 24.8 Å². The Kier molecular flexibility index (Phi) is 8.32. The van der Waals surface area contributed by atoms with E-state index in [4.69, 9.17) is 9.47 Å². The molecule has 0 saturated carbocycles. The minimum absolute atomic E-state index is 0.115. The lowest BCUT2D eigenvalue weighted by Gasteiger charge is -2.19. The van der Waals surface area contributed by atoms with E-state index in [9.17, 15) is 9.59 Å². The van der Waals surface area contributed by atoms with Gasteiger partial charge in [-0.15, -0.1) is 0 Å². The van der Waals surface area contributed by atoms with Crippen molar-refractivity contribution in [1.29, 1.82) is 0 Å². The number of carbonyl (C=O) groups excluding carboxylic acids is 2. The van der Waals surface area contributed by atoms with Crippen LogP contribution in [0.1, 0.15) is 27.2 Å². The SMILES string of the molecule is COCCNC(=O)CNCCC(=O)OC(C)(C)C. The van der Waals surface area contributed by atoms with Crippen molar-refractivity contribution in [3.05, 3.63) is 0 Å². The minimum Gasteiger partial charge on any atom is -0.460 e. The summed E-state index contributed by atoms with van der Waals surface area (Å²) in [6.45, 7) is 7.05. The Hall–Kier alpha value is -1.14. The lowest BCUT2D eigenvalue weighted by Crippen LogP contribution is -2.36. The Bertz CT molecular complexity index is 261. The maximum atomic E-state index is 11.3. The van der Waals surface area contributed by atoms with Gasteiger partial charge in [0.1, 0.15) is 5.60 Å². The molecule has 0 aliphatic carbocycles. The van der Waals surface area contributed by atoms with Crippen LogP contribution in [0.15, 0.2) is 0 Å². The summed E-state index contributed by atoms with van der Waals surface area (Å²) >= 11 is 0. The zero-order valence-electron chi connectivity index (χ0n) is 11.7. The Balaban J connectivity index is 3.50. The highest BCUT2D eigenvalue weighted by atomic mass is 16.6. The molecule has 0 unspecified atom stereocenters. The number of esters is 1. The van der Waals surface area contributed by atoms with Crippen LogP contribution in [0.4, 0.5) is 0 Å². The molecule has 1 amide bonds. The van der Waals surface area contributed by atoms with Crippen molar-refractivity contribution in [2.45, 2.75) is 32.8 Å². The third-order valence-electron chi connectivity index (χ3n) is 1.84. The van der Waals surface area contributed by atoms with Gasteiger partial charge in [-0.3, -0.25) is 9.59 Å². The van der Waals surface area contributed by atoms with E-state index < -0.39 is 5.60 Å². The Labute approximate surface area is 108 Å². The molecule has 0 bridgehead atoms. The van der Waals surface area contributed by atoms with Crippen molar-refractivity contribution in [1.82, 2.24) is 10.6 Å². The standard InChI is InChI=1S/C12H24N2O4/c1-12(2,3)18-11(16)5-6-13-9-10(15)14-7-8-17-4/h13H,5-9H2,1-4H3,(H,14,15). The Morgan fingerprint density at radius 1 is 1.17 bits per heavy atom. The normalized spacial score (nSPS) is 11.1. The van der Waals surface area contributed by atoms with Crippen LogP contribution in [0, 0.1) is 0 Å². The number of hydrogen-bond acceptors (Lipinski definition) is 5. The summed E-state index contributed by atoms with van der Waals surface area (Å²) in [6.07, 6.45) is 0.253. The Morgan fingerprint density at radius 3 is 2.39 bits per heavy atom. The number of nitrogens with one attached hydrogen (secondary N) is 2. The third kappa shape index (κ3) is 11.3. The van der Waals surface area contributed by atoms with Crippen molar-refractivity contribution in [2.75, 3.05) is 33.4 Å². The predicted octanol–water partition coefficient (Wildman–Crippen LogP) is 0.0704. The summed E-state index contributed by atoms with van der Waals surface area (Å²) in [5, 5.41) is 5.54. The van der Waals surface area contributed by atoms with E-state index in [1.54, 1.807) is 7.11 Å². The van der Waals surface area contributed by atoms with Crippen LogP contribution in [0.2, 0.25) is 0 Å². The average Bonchev–Trinajstić information content (AvgIpc) is 2.22. The summed E-state index contributed by atoms with van der Waals surface area (Å²) in [7, 11) is 1.57. The lowest BCUT2D eigenvalue weighted by atomic mass is 10.2. The van der Waals surface area contributed by atoms with E-state index in [1.165, 1.54) is 0 Å². The second-order valence-corrected chi connectivity index (χ2v) is 4.86. The molecule has 0 aromatic heterocycles. The number of methoxy groups -OCH3 is 1. The van der Waals surface area contributed by atoms with Gasteiger partial charge in [0.2, 0.25) is 5.91 Å². The highest BCUT2D eigenvalue weighted by molar-refractivity contribution is 5.78. The van der Waals surface area contributed by atoms with Gasteiger partial charge in [-0.25, -0.2) is 0 Å². The molecular weight excluding hydrogens is 236 g/mol. The molecule has 0 rings (SSSR count). The van der Waals surface area contributed by atoms with Gasteiger partial charge < -0.3 is 20.1 Å². The predicted molar refractivity (Wildman–Crippen MR) is 68.2 cm³/mol. The summed E-state index contributed by atoms with van der Waals surface area (Å²) < 4.78 is 9.93. The fourth-order valence-corrected chi connectivity index (χ4v) is 1.14. The number of rotatable bonds is 8. The molecule has 0 aliphatic rings. The van der Waals surface area contributed by atoms with E-state index in [0.717, 1.165) is 0 Å². The molecule has 0 aliphatic heterocycles. The molecule has 0 aromatic rings. The van der Waals surface area contributed by atoms with Crippen LogP contribution in [-0.2, 0) is 19.1 Å². The summed E-state index contributed by atoms with van der Waals surface area (Å²) in [6, 6.07) is 0. The van der Waals surface area contributed by atoms with Gasteiger partial charge >= 0.3 is 5.97 Å². The van der Waals surface area contributed by atoms with Gasteiger partial charge in [0.15, 0.2) is 0 Å². The molecule has 2 N–H and O–H groups in total. The van der Waals surface area contributed by atoms with Gasteiger partial charge in [0.05, 0.1) is 19.6 Å². The lowest BCUT2D eigenvalue weighted by molar-refractivity contribution is -0.154. The van der Waals surface area contributed by atoms with Crippen molar-refractivity contribution < 1.29 is 19.1 Å². The second-order valence-electron chi connectivity index (χ2n) is 4.86. The summed E-state index contributed by atoms with van der Waals surface area (Å²) in [5.74, 6) is -0.383. The third-order valence-corrected chi connectivity index (χ3v) is 1.84. The maximum Gasteiger partial charge on any atom is 0.307 e. The highest BCUT2D eigenvalue weighted by Gasteiger charge is 2.15. The Morgan fingerprint density at radius 2 is 1.83 bits per heavy atom. The first-order valence-electron chi connectivity index (χ1n) is 6.03. The van der Waals surface area contributed by atoms with Crippen molar-refractivity contribution in [3.63, 3.8) is 0 Å². The minimum atomic E-state index is -0.464. The van der Waals surface area contributed by atoms with Gasteiger partial charge in [-0.2, -0.15) is 0 Å². The fraction of sp³-hybridized carbons (Fsp3) is 0.833. The molecule has 6 heteroatoms. The van der Waals surface area contributed by atoms with E-state index in [1.807, 2.05) is 20.8 Å². The molecule has 0 heterocycles. The van der Waals surface area contributed by atoms with Crippen LogP contribution < -0.4 is 10.6 Å². The first kappa shape index (κ1) is 16.9. The monoisotopic (exact) mass is 260 g/mol. The number of carbonyl (C=O) groups is 2. The quantitative estimate of drug-likeness (QED) is 0.477. The van der Waals surface area contributed by atoms with Crippen LogP contribution in [0.25, 0.3) is 0 Å². The smallest absolute Gasteiger partial charge is 0.307 e. The van der Waals surface area contributed by atoms with Crippen LogP contribution >= 0.6 is 0 Å². The summed E-state index contributed by atoms with van der Waals surface area (Å²) in [5.41, 5.74) is -0.464. The molecule has 0 aromatic carbocycles. The van der Waals surface area contributed by atoms with Crippen molar-refractivity contribution in [2.24, 2.45) is 0 Å². The zero-order valence-corrected chi connectivity index (χ0v) is 11.7. The molecule has 106 valence electrons. The first-order valence-corrected chi connectivity index (χ1v) is 6.03. The van der Waals surface area contributed by atoms with Gasteiger partial charge in [0, 0.05) is 20.2 Å². The number of amides is 1. The molecule has 18 heavy (non-hydrogen) atoms.